The lowest BCUT2D eigenvalue weighted by molar-refractivity contribution is -0.139. The number of nitrogens with zero attached hydrogens (tertiary/aromatic N) is 1. The van der Waals surface area contributed by atoms with E-state index in [1.165, 1.54) is 0 Å². The molecule has 2 amide bonds. The van der Waals surface area contributed by atoms with Crippen molar-refractivity contribution in [3.63, 3.8) is 0 Å². The molecule has 1 heterocycles. The van der Waals surface area contributed by atoms with Crippen molar-refractivity contribution in [3.8, 4) is 0 Å². The van der Waals surface area contributed by atoms with Gasteiger partial charge >= 0.3 is 12.0 Å². The lowest BCUT2D eigenvalue weighted by Gasteiger charge is -2.43. The number of rotatable bonds is 6. The van der Waals surface area contributed by atoms with E-state index in [-0.39, 0.29) is 18.6 Å². The molecular weight excluding hydrogens is 272 g/mol. The number of carboxylic acids is 1. The normalized spacial score (nSPS) is 24.2. The molecule has 2 N–H and O–H groups in total. The summed E-state index contributed by atoms with van der Waals surface area (Å²) >= 11 is 0. The number of nitrogens with one attached hydrogen (secondary N) is 1. The van der Waals surface area contributed by atoms with Crippen LogP contribution in [-0.2, 0) is 9.53 Å². The first-order valence-electron chi connectivity index (χ1n) is 7.95. The summed E-state index contributed by atoms with van der Waals surface area (Å²) in [5.74, 6) is -0.849. The standard InChI is InChI=1S/C15H26N2O4/c1-2-9-21-12-5-3-8-17(11-12)14(20)16-15(6-4-7-15)10-13(18)19/h12H,2-11H2,1H3,(H,16,20)(H,18,19). The van der Waals surface area contributed by atoms with Gasteiger partial charge in [-0.3, -0.25) is 4.79 Å². The molecule has 0 spiro atoms. The van der Waals surface area contributed by atoms with Crippen LogP contribution in [0.5, 0.6) is 0 Å². The molecule has 0 radical (unpaired) electrons. The molecule has 1 saturated heterocycles. The van der Waals surface area contributed by atoms with Crippen LogP contribution in [0.25, 0.3) is 0 Å². The van der Waals surface area contributed by atoms with Crippen LogP contribution >= 0.6 is 0 Å². The van der Waals surface area contributed by atoms with E-state index in [0.29, 0.717) is 6.54 Å². The Hall–Kier alpha value is -1.30. The van der Waals surface area contributed by atoms with E-state index < -0.39 is 11.5 Å². The molecule has 1 unspecified atom stereocenters. The molecule has 0 aromatic rings. The van der Waals surface area contributed by atoms with E-state index in [0.717, 1.165) is 51.7 Å². The summed E-state index contributed by atoms with van der Waals surface area (Å²) in [6.45, 7) is 4.12. The smallest absolute Gasteiger partial charge is 0.317 e. The summed E-state index contributed by atoms with van der Waals surface area (Å²) in [7, 11) is 0. The highest BCUT2D eigenvalue weighted by atomic mass is 16.5. The lowest BCUT2D eigenvalue weighted by Crippen LogP contribution is -2.59. The van der Waals surface area contributed by atoms with E-state index in [1.807, 2.05) is 0 Å². The van der Waals surface area contributed by atoms with Crippen molar-refractivity contribution in [2.75, 3.05) is 19.7 Å². The van der Waals surface area contributed by atoms with Crippen molar-refractivity contribution in [1.29, 1.82) is 0 Å². The van der Waals surface area contributed by atoms with Crippen LogP contribution < -0.4 is 5.32 Å². The Morgan fingerprint density at radius 3 is 2.71 bits per heavy atom. The zero-order valence-electron chi connectivity index (χ0n) is 12.8. The summed E-state index contributed by atoms with van der Waals surface area (Å²) in [6, 6.07) is -0.138. The van der Waals surface area contributed by atoms with Crippen molar-refractivity contribution in [3.05, 3.63) is 0 Å². The van der Waals surface area contributed by atoms with E-state index in [2.05, 4.69) is 12.2 Å². The molecule has 1 aliphatic carbocycles. The SMILES string of the molecule is CCCOC1CCCN(C(=O)NC2(CC(=O)O)CCC2)C1. The molecule has 1 atom stereocenters. The highest BCUT2D eigenvalue weighted by Gasteiger charge is 2.41. The second kappa shape index (κ2) is 7.11. The number of amides is 2. The van der Waals surface area contributed by atoms with Gasteiger partial charge in [-0.25, -0.2) is 4.79 Å². The Kier molecular flexibility index (Phi) is 5.45. The van der Waals surface area contributed by atoms with E-state index in [9.17, 15) is 9.59 Å². The van der Waals surface area contributed by atoms with Gasteiger partial charge in [-0.05, 0) is 38.5 Å². The maximum atomic E-state index is 12.4. The van der Waals surface area contributed by atoms with Crippen LogP contribution in [0.4, 0.5) is 4.79 Å². The molecule has 1 aliphatic heterocycles. The number of aliphatic carboxylic acids is 1. The number of hydrogen-bond donors (Lipinski definition) is 2. The van der Waals surface area contributed by atoms with Crippen molar-refractivity contribution in [2.24, 2.45) is 0 Å². The first-order chi connectivity index (χ1) is 10.0. The third-order valence-corrected chi connectivity index (χ3v) is 4.40. The quantitative estimate of drug-likeness (QED) is 0.786. The minimum atomic E-state index is -0.849. The number of carbonyl (C=O) groups excluding carboxylic acids is 1. The second-order valence-corrected chi connectivity index (χ2v) is 6.22. The average molecular weight is 298 g/mol. The fraction of sp³-hybridized carbons (Fsp3) is 0.867. The molecule has 6 heteroatoms. The van der Waals surface area contributed by atoms with Crippen molar-refractivity contribution in [2.45, 2.75) is 63.5 Å². The topological polar surface area (TPSA) is 78.9 Å². The molecule has 2 fully saturated rings. The van der Waals surface area contributed by atoms with Crippen LogP contribution in [0.3, 0.4) is 0 Å². The van der Waals surface area contributed by atoms with Crippen LogP contribution in [-0.4, -0.2) is 53.3 Å². The molecule has 120 valence electrons. The van der Waals surface area contributed by atoms with Gasteiger partial charge in [0.15, 0.2) is 0 Å². The van der Waals surface area contributed by atoms with Gasteiger partial charge in [-0.2, -0.15) is 0 Å². The number of ether oxygens (including phenoxy) is 1. The number of likely N-dealkylation sites (tertiary alicyclic amines) is 1. The van der Waals surface area contributed by atoms with Crippen LogP contribution in [0.15, 0.2) is 0 Å². The van der Waals surface area contributed by atoms with Gasteiger partial charge in [-0.15, -0.1) is 0 Å². The summed E-state index contributed by atoms with van der Waals surface area (Å²) in [6.07, 6.45) is 5.53. The third kappa shape index (κ3) is 4.33. The van der Waals surface area contributed by atoms with Gasteiger partial charge in [0.25, 0.3) is 0 Å². The van der Waals surface area contributed by atoms with Crippen LogP contribution in [0, 0.1) is 0 Å². The molecule has 0 bridgehead atoms. The number of carbonyl (C=O) groups is 2. The molecular formula is C15H26N2O4. The van der Waals surface area contributed by atoms with Gasteiger partial charge in [0.1, 0.15) is 0 Å². The lowest BCUT2D eigenvalue weighted by atomic mass is 9.74. The Morgan fingerprint density at radius 1 is 1.38 bits per heavy atom. The van der Waals surface area contributed by atoms with Gasteiger partial charge in [-0.1, -0.05) is 6.92 Å². The van der Waals surface area contributed by atoms with Crippen molar-refractivity contribution in [1.82, 2.24) is 10.2 Å². The average Bonchev–Trinajstić information content (AvgIpc) is 2.42. The fourth-order valence-corrected chi connectivity index (χ4v) is 3.09. The zero-order chi connectivity index (χ0) is 15.3. The zero-order valence-corrected chi connectivity index (χ0v) is 12.8. The summed E-state index contributed by atoms with van der Waals surface area (Å²) in [4.78, 5) is 25.1. The summed E-state index contributed by atoms with van der Waals surface area (Å²) in [5, 5.41) is 11.9. The van der Waals surface area contributed by atoms with Crippen molar-refractivity contribution < 1.29 is 19.4 Å². The number of hydrogen-bond acceptors (Lipinski definition) is 3. The molecule has 0 aromatic carbocycles. The molecule has 2 rings (SSSR count). The largest absolute Gasteiger partial charge is 0.481 e. The molecule has 6 nitrogen and oxygen atoms in total. The monoisotopic (exact) mass is 298 g/mol. The Bertz CT molecular complexity index is 382. The number of urea groups is 1. The van der Waals surface area contributed by atoms with Crippen LogP contribution in [0.1, 0.15) is 51.9 Å². The predicted molar refractivity (Wildman–Crippen MR) is 78.2 cm³/mol. The summed E-state index contributed by atoms with van der Waals surface area (Å²) < 4.78 is 5.73. The van der Waals surface area contributed by atoms with Gasteiger partial charge in [0, 0.05) is 19.7 Å². The maximum Gasteiger partial charge on any atom is 0.317 e. The maximum absolute atomic E-state index is 12.4. The van der Waals surface area contributed by atoms with Gasteiger partial charge in [0.2, 0.25) is 0 Å². The Balaban J connectivity index is 1.85. The van der Waals surface area contributed by atoms with Gasteiger partial charge in [0.05, 0.1) is 18.1 Å². The first-order valence-corrected chi connectivity index (χ1v) is 7.95. The second-order valence-electron chi connectivity index (χ2n) is 6.22. The summed E-state index contributed by atoms with van der Waals surface area (Å²) in [5.41, 5.74) is -0.528. The van der Waals surface area contributed by atoms with E-state index in [4.69, 9.17) is 9.84 Å². The highest BCUT2D eigenvalue weighted by Crippen LogP contribution is 2.35. The molecule has 21 heavy (non-hydrogen) atoms. The number of carboxylic acid groups (broad SMARTS) is 1. The van der Waals surface area contributed by atoms with Crippen LogP contribution in [0.2, 0.25) is 0 Å². The minimum absolute atomic E-state index is 0.0162. The molecule has 1 saturated carbocycles. The fourth-order valence-electron chi connectivity index (χ4n) is 3.09. The predicted octanol–water partition coefficient (Wildman–Crippen LogP) is 1.98. The van der Waals surface area contributed by atoms with Gasteiger partial charge < -0.3 is 20.1 Å². The minimum Gasteiger partial charge on any atom is -0.481 e. The first kappa shape index (κ1) is 16.1. The Morgan fingerprint density at radius 2 is 2.14 bits per heavy atom. The molecule has 2 aliphatic rings. The van der Waals surface area contributed by atoms with Crippen molar-refractivity contribution >= 4 is 12.0 Å². The molecule has 0 aromatic heterocycles. The van der Waals surface area contributed by atoms with E-state index in [1.54, 1.807) is 4.90 Å². The highest BCUT2D eigenvalue weighted by molar-refractivity contribution is 5.77. The Labute approximate surface area is 125 Å². The number of piperidine rings is 1. The third-order valence-electron chi connectivity index (χ3n) is 4.40. The van der Waals surface area contributed by atoms with E-state index >= 15 is 0 Å².